The van der Waals surface area contributed by atoms with Gasteiger partial charge in [0.25, 0.3) is 0 Å². The highest BCUT2D eigenvalue weighted by Crippen LogP contribution is 2.52. The molecule has 7 unspecified atom stereocenters. The van der Waals surface area contributed by atoms with Gasteiger partial charge in [-0.25, -0.2) is 4.79 Å². The predicted molar refractivity (Wildman–Crippen MR) is 91.7 cm³/mol. The topological polar surface area (TPSA) is 93.1 Å². The molecule has 4 saturated heterocycles. The maximum atomic E-state index is 12.4. The Morgan fingerprint density at radius 2 is 1.62 bits per heavy atom. The summed E-state index contributed by atoms with van der Waals surface area (Å²) in [6, 6.07) is 0. The Morgan fingerprint density at radius 3 is 2.00 bits per heavy atom. The summed E-state index contributed by atoms with van der Waals surface area (Å²) in [5, 5.41) is 20.2. The van der Waals surface area contributed by atoms with Gasteiger partial charge in [0.05, 0.1) is 38.4 Å². The zero-order valence-corrected chi connectivity index (χ0v) is 15.6. The molecule has 4 aliphatic rings. The van der Waals surface area contributed by atoms with Crippen LogP contribution in [0.5, 0.6) is 0 Å². The average Bonchev–Trinajstić information content (AvgIpc) is 3.38. The monoisotopic (exact) mass is 368 g/mol. The van der Waals surface area contributed by atoms with E-state index >= 15 is 0 Å². The Morgan fingerprint density at radius 1 is 1.00 bits per heavy atom. The van der Waals surface area contributed by atoms with Crippen LogP contribution in [0.4, 0.5) is 0 Å². The fourth-order valence-electron chi connectivity index (χ4n) is 6.19. The Labute approximate surface area is 153 Å². The molecule has 4 fully saturated rings. The van der Waals surface area contributed by atoms with Crippen LogP contribution in [0.15, 0.2) is 0 Å². The van der Waals surface area contributed by atoms with Crippen molar-refractivity contribution in [1.29, 1.82) is 0 Å². The highest BCUT2D eigenvalue weighted by Gasteiger charge is 2.68. The van der Waals surface area contributed by atoms with Crippen LogP contribution in [-0.2, 0) is 19.1 Å². The van der Waals surface area contributed by atoms with Gasteiger partial charge in [0.1, 0.15) is 11.5 Å². The van der Waals surface area contributed by atoms with Gasteiger partial charge in [0, 0.05) is 12.8 Å². The maximum absolute atomic E-state index is 12.4. The largest absolute Gasteiger partial charge is 0.481 e. The number of carboxylic acids is 2. The molecule has 0 saturated carbocycles. The van der Waals surface area contributed by atoms with Gasteiger partial charge < -0.3 is 24.2 Å². The summed E-state index contributed by atoms with van der Waals surface area (Å²) in [6.45, 7) is 3.17. The van der Waals surface area contributed by atoms with Gasteiger partial charge in [0.2, 0.25) is 5.54 Å². The standard InChI is InChI=1S/C19H29NO6/c1-3-20(2,19(17(23)24)11-13-5-7-15(19)26-13)9-8-18(16(21)22)10-12-4-6-14(18)25-12/h12-15H,3-11H2,1-2H3,(H-,21,22,23,24)/p+1. The van der Waals surface area contributed by atoms with E-state index in [1.54, 1.807) is 0 Å². The van der Waals surface area contributed by atoms with Gasteiger partial charge in [-0.15, -0.1) is 0 Å². The summed E-state index contributed by atoms with van der Waals surface area (Å²) in [5.41, 5.74) is -1.83. The smallest absolute Gasteiger partial charge is 0.368 e. The molecule has 4 bridgehead atoms. The molecule has 146 valence electrons. The van der Waals surface area contributed by atoms with E-state index < -0.39 is 22.9 Å². The van der Waals surface area contributed by atoms with Crippen molar-refractivity contribution in [3.63, 3.8) is 0 Å². The van der Waals surface area contributed by atoms with Gasteiger partial charge in [-0.1, -0.05) is 0 Å². The van der Waals surface area contributed by atoms with Crippen molar-refractivity contribution < 1.29 is 33.8 Å². The second-order valence-electron chi connectivity index (χ2n) is 8.93. The first-order chi connectivity index (χ1) is 12.3. The number of carboxylic acid groups (broad SMARTS) is 2. The van der Waals surface area contributed by atoms with Gasteiger partial charge in [0.15, 0.2) is 0 Å². The zero-order valence-electron chi connectivity index (χ0n) is 15.6. The van der Waals surface area contributed by atoms with Crippen LogP contribution in [-0.4, -0.2) is 76.7 Å². The third-order valence-corrected chi connectivity index (χ3v) is 8.00. The molecule has 0 aromatic rings. The van der Waals surface area contributed by atoms with E-state index in [4.69, 9.17) is 9.47 Å². The Balaban J connectivity index is 1.60. The first kappa shape index (κ1) is 18.2. The number of hydrogen-bond donors (Lipinski definition) is 2. The van der Waals surface area contributed by atoms with Crippen molar-refractivity contribution in [1.82, 2.24) is 0 Å². The fraction of sp³-hybridized carbons (Fsp3) is 0.895. The number of likely N-dealkylation sites (N-methyl/N-ethyl adjacent to an activating group) is 1. The number of carbonyl (C=O) groups is 2. The number of hydrogen-bond acceptors (Lipinski definition) is 4. The molecule has 7 nitrogen and oxygen atoms in total. The van der Waals surface area contributed by atoms with Crippen molar-refractivity contribution in [3.8, 4) is 0 Å². The van der Waals surface area contributed by atoms with Gasteiger partial charge >= 0.3 is 11.9 Å². The number of fused-ring (bicyclic) bond motifs is 4. The van der Waals surface area contributed by atoms with E-state index in [1.807, 2.05) is 14.0 Å². The second-order valence-corrected chi connectivity index (χ2v) is 8.93. The number of nitrogens with zero attached hydrogens (tertiary/aromatic N) is 1. The number of aliphatic carboxylic acids is 2. The summed E-state index contributed by atoms with van der Waals surface area (Å²) in [5.74, 6) is -1.59. The van der Waals surface area contributed by atoms with E-state index in [-0.39, 0.29) is 24.4 Å². The molecule has 2 N–H and O–H groups in total. The maximum Gasteiger partial charge on any atom is 0.368 e. The second kappa shape index (κ2) is 5.91. The normalized spacial score (nSPS) is 45.8. The Kier molecular flexibility index (Phi) is 4.13. The van der Waals surface area contributed by atoms with Gasteiger partial charge in [-0.05, 0) is 39.0 Å². The lowest BCUT2D eigenvalue weighted by atomic mass is 9.70. The van der Waals surface area contributed by atoms with Crippen LogP contribution < -0.4 is 0 Å². The lowest BCUT2D eigenvalue weighted by Crippen LogP contribution is -2.71. The summed E-state index contributed by atoms with van der Waals surface area (Å²) in [7, 11) is 1.97. The van der Waals surface area contributed by atoms with Crippen LogP contribution in [0.25, 0.3) is 0 Å². The van der Waals surface area contributed by atoms with Crippen LogP contribution in [0, 0.1) is 5.41 Å². The molecular weight excluding hydrogens is 338 g/mol. The molecule has 0 radical (unpaired) electrons. The molecule has 26 heavy (non-hydrogen) atoms. The minimum atomic E-state index is -0.962. The van der Waals surface area contributed by atoms with Gasteiger partial charge in [-0.3, -0.25) is 4.79 Å². The van der Waals surface area contributed by atoms with Crippen molar-refractivity contribution in [2.24, 2.45) is 5.41 Å². The average molecular weight is 368 g/mol. The molecule has 7 heteroatoms. The summed E-state index contributed by atoms with van der Waals surface area (Å²) < 4.78 is 12.2. The highest BCUT2D eigenvalue weighted by molar-refractivity contribution is 5.79. The van der Waals surface area contributed by atoms with E-state index in [2.05, 4.69) is 0 Å². The third kappa shape index (κ3) is 2.23. The lowest BCUT2D eigenvalue weighted by Gasteiger charge is -2.50. The molecule has 0 aromatic heterocycles. The molecule has 0 amide bonds. The summed E-state index contributed by atoms with van der Waals surface area (Å²) in [4.78, 5) is 24.6. The Bertz CT molecular complexity index is 625. The van der Waals surface area contributed by atoms with Crippen LogP contribution >= 0.6 is 0 Å². The summed E-state index contributed by atoms with van der Waals surface area (Å²) >= 11 is 0. The molecular formula is C19H30NO6+. The molecule has 4 heterocycles. The quantitative estimate of drug-likeness (QED) is 0.664. The number of ether oxygens (including phenoxy) is 2. The van der Waals surface area contributed by atoms with E-state index in [1.165, 1.54) is 0 Å². The minimum absolute atomic E-state index is 0.0272. The van der Waals surface area contributed by atoms with Gasteiger partial charge in [-0.2, -0.15) is 0 Å². The molecule has 0 aliphatic carbocycles. The molecule has 0 spiro atoms. The number of rotatable bonds is 7. The van der Waals surface area contributed by atoms with Crippen molar-refractivity contribution in [2.45, 2.75) is 81.8 Å². The van der Waals surface area contributed by atoms with E-state index in [9.17, 15) is 19.8 Å². The predicted octanol–water partition coefficient (Wildman–Crippen LogP) is 1.64. The SMILES string of the molecule is CC[N+](C)(CCC1(C(=O)O)CC2CCC1O2)C1(C(=O)O)CC2CCC1O2. The Hall–Kier alpha value is -1.18. The van der Waals surface area contributed by atoms with Crippen LogP contribution in [0.3, 0.4) is 0 Å². The lowest BCUT2D eigenvalue weighted by molar-refractivity contribution is -0.951. The molecule has 0 aromatic carbocycles. The van der Waals surface area contributed by atoms with Crippen molar-refractivity contribution in [2.75, 3.05) is 20.1 Å². The van der Waals surface area contributed by atoms with Crippen molar-refractivity contribution in [3.05, 3.63) is 0 Å². The molecule has 4 aliphatic heterocycles. The van der Waals surface area contributed by atoms with Crippen LogP contribution in [0.2, 0.25) is 0 Å². The number of quaternary nitrogens is 1. The summed E-state index contributed by atoms with van der Waals surface area (Å²) in [6.07, 6.45) is 4.57. The van der Waals surface area contributed by atoms with Crippen molar-refractivity contribution >= 4 is 11.9 Å². The van der Waals surface area contributed by atoms with E-state index in [0.29, 0.717) is 36.8 Å². The van der Waals surface area contributed by atoms with Crippen LogP contribution in [0.1, 0.15) is 51.9 Å². The molecule has 4 rings (SSSR count). The minimum Gasteiger partial charge on any atom is -0.481 e. The first-order valence-electron chi connectivity index (χ1n) is 9.90. The molecule has 7 atom stereocenters. The highest BCUT2D eigenvalue weighted by atomic mass is 16.5. The fourth-order valence-corrected chi connectivity index (χ4v) is 6.19. The first-order valence-corrected chi connectivity index (χ1v) is 9.90. The zero-order chi connectivity index (χ0) is 18.7. The van der Waals surface area contributed by atoms with E-state index in [0.717, 1.165) is 25.7 Å². The third-order valence-electron chi connectivity index (χ3n) is 8.00.